The van der Waals surface area contributed by atoms with E-state index in [-0.39, 0.29) is 43.5 Å². The van der Waals surface area contributed by atoms with Gasteiger partial charge < -0.3 is 9.84 Å². The number of aliphatic hydroxyl groups is 1. The highest BCUT2D eigenvalue weighted by Gasteiger charge is 2.35. The number of hydrogen-bond donors (Lipinski definition) is 2. The molecule has 1 aromatic carbocycles. The van der Waals surface area contributed by atoms with Crippen molar-refractivity contribution < 1.29 is 14.6 Å². The summed E-state index contributed by atoms with van der Waals surface area (Å²) in [6.07, 6.45) is 0.556. The fourth-order valence-corrected chi connectivity index (χ4v) is 2.14. The van der Waals surface area contributed by atoms with E-state index in [1.165, 1.54) is 5.01 Å². The summed E-state index contributed by atoms with van der Waals surface area (Å²) in [5, 5.41) is 10.6. The van der Waals surface area contributed by atoms with Gasteiger partial charge in [0.15, 0.2) is 0 Å². The zero-order valence-corrected chi connectivity index (χ0v) is 11.4. The van der Waals surface area contributed by atoms with Crippen LogP contribution >= 0.6 is 12.4 Å². The molecule has 0 radical (unpaired) electrons. The maximum Gasteiger partial charge on any atom is 0.310 e. The second-order valence-electron chi connectivity index (χ2n) is 4.56. The van der Waals surface area contributed by atoms with Crippen LogP contribution in [0.5, 0.6) is 0 Å². The molecule has 6 heteroatoms. The fourth-order valence-electron chi connectivity index (χ4n) is 2.14. The van der Waals surface area contributed by atoms with Gasteiger partial charge >= 0.3 is 5.97 Å². The largest absolute Gasteiger partial charge is 0.461 e. The van der Waals surface area contributed by atoms with Gasteiger partial charge in [-0.15, -0.1) is 12.4 Å². The van der Waals surface area contributed by atoms with Crippen LogP contribution in [0, 0.1) is 5.92 Å². The number of hydrogen-bond acceptors (Lipinski definition) is 5. The number of hydrazine groups is 1. The van der Waals surface area contributed by atoms with E-state index in [1.807, 2.05) is 30.3 Å². The third-order valence-electron chi connectivity index (χ3n) is 3.22. The Morgan fingerprint density at radius 1 is 1.42 bits per heavy atom. The van der Waals surface area contributed by atoms with Gasteiger partial charge in [-0.25, -0.2) is 5.01 Å². The predicted molar refractivity (Wildman–Crippen MR) is 73.4 cm³/mol. The number of ether oxygens (including phenoxy) is 1. The number of nitrogens with zero attached hydrogens (tertiary/aromatic N) is 1. The quantitative estimate of drug-likeness (QED) is 0.630. The highest BCUT2D eigenvalue weighted by Crippen LogP contribution is 2.21. The summed E-state index contributed by atoms with van der Waals surface area (Å²) in [7, 11) is 0. The van der Waals surface area contributed by atoms with E-state index in [1.54, 1.807) is 0 Å². The molecule has 0 aromatic heterocycles. The Morgan fingerprint density at radius 3 is 2.68 bits per heavy atom. The maximum absolute atomic E-state index is 11.8. The average Bonchev–Trinajstić information content (AvgIpc) is 2.78. The van der Waals surface area contributed by atoms with Crippen LogP contribution in [-0.4, -0.2) is 35.3 Å². The Balaban J connectivity index is 0.00000180. The normalized spacial score (nSPS) is 22.8. The molecule has 1 aromatic rings. The predicted octanol–water partition coefficient (Wildman–Crippen LogP) is 0.708. The molecule has 1 aliphatic heterocycles. The zero-order valence-electron chi connectivity index (χ0n) is 10.6. The van der Waals surface area contributed by atoms with E-state index in [9.17, 15) is 4.79 Å². The molecule has 0 amide bonds. The highest BCUT2D eigenvalue weighted by molar-refractivity contribution is 5.85. The standard InChI is InChI=1S/C13H18N2O3.ClH/c14-15-7-11(6-12(15)8-16)13(17)18-9-10-4-2-1-3-5-10;/h1-5,11-12,16H,6-9,14H2;1H. The number of carbonyl (C=O) groups excluding carboxylic acids is 1. The third-order valence-corrected chi connectivity index (χ3v) is 3.22. The Bertz CT molecular complexity index is 402. The zero-order chi connectivity index (χ0) is 13.0. The number of benzene rings is 1. The van der Waals surface area contributed by atoms with Gasteiger partial charge in [-0.1, -0.05) is 30.3 Å². The van der Waals surface area contributed by atoms with Crippen molar-refractivity contribution in [2.45, 2.75) is 19.1 Å². The van der Waals surface area contributed by atoms with Crippen LogP contribution in [0.3, 0.4) is 0 Å². The van der Waals surface area contributed by atoms with Crippen LogP contribution in [0.4, 0.5) is 0 Å². The molecule has 1 fully saturated rings. The molecule has 106 valence electrons. The number of rotatable bonds is 4. The Labute approximate surface area is 118 Å². The number of esters is 1. The lowest BCUT2D eigenvalue weighted by molar-refractivity contribution is -0.149. The van der Waals surface area contributed by atoms with Gasteiger partial charge in [0.05, 0.1) is 12.5 Å². The summed E-state index contributed by atoms with van der Waals surface area (Å²) >= 11 is 0. The minimum absolute atomic E-state index is 0. The first kappa shape index (κ1) is 15.9. The number of nitrogens with two attached hydrogens (primary N) is 1. The van der Waals surface area contributed by atoms with Gasteiger partial charge in [0, 0.05) is 12.6 Å². The van der Waals surface area contributed by atoms with Crippen LogP contribution in [0.2, 0.25) is 0 Å². The van der Waals surface area contributed by atoms with Gasteiger partial charge in [0.25, 0.3) is 0 Å². The molecule has 2 rings (SSSR count). The van der Waals surface area contributed by atoms with Gasteiger partial charge in [0.1, 0.15) is 6.61 Å². The SMILES string of the molecule is Cl.NN1CC(C(=O)OCc2ccccc2)CC1CO. The summed E-state index contributed by atoms with van der Waals surface area (Å²) < 4.78 is 5.25. The molecule has 0 saturated carbocycles. The fraction of sp³-hybridized carbons (Fsp3) is 0.462. The molecule has 19 heavy (non-hydrogen) atoms. The molecule has 2 unspecified atom stereocenters. The van der Waals surface area contributed by atoms with Crippen molar-refractivity contribution in [1.29, 1.82) is 0 Å². The first-order valence-electron chi connectivity index (χ1n) is 6.03. The summed E-state index contributed by atoms with van der Waals surface area (Å²) in [6.45, 7) is 0.697. The van der Waals surface area contributed by atoms with Crippen LogP contribution in [0.15, 0.2) is 30.3 Å². The van der Waals surface area contributed by atoms with E-state index in [0.29, 0.717) is 13.0 Å². The van der Waals surface area contributed by atoms with E-state index < -0.39 is 0 Å². The second-order valence-corrected chi connectivity index (χ2v) is 4.56. The molecule has 1 heterocycles. The summed E-state index contributed by atoms with van der Waals surface area (Å²) in [5.41, 5.74) is 0.965. The van der Waals surface area contributed by atoms with E-state index in [2.05, 4.69) is 0 Å². The molecule has 1 saturated heterocycles. The van der Waals surface area contributed by atoms with Gasteiger partial charge in [0.2, 0.25) is 0 Å². The first-order valence-corrected chi connectivity index (χ1v) is 6.03. The number of carbonyl (C=O) groups is 1. The van der Waals surface area contributed by atoms with Crippen molar-refractivity contribution in [3.63, 3.8) is 0 Å². The summed E-state index contributed by atoms with van der Waals surface area (Å²) in [4.78, 5) is 11.8. The topological polar surface area (TPSA) is 75.8 Å². The molecule has 0 spiro atoms. The summed E-state index contributed by atoms with van der Waals surface area (Å²) in [5.74, 6) is 5.21. The molecular weight excluding hydrogens is 268 g/mol. The average molecular weight is 287 g/mol. The maximum atomic E-state index is 11.8. The Kier molecular flexibility index (Phi) is 6.24. The van der Waals surface area contributed by atoms with Crippen molar-refractivity contribution in [3.8, 4) is 0 Å². The van der Waals surface area contributed by atoms with Crippen molar-refractivity contribution in [1.82, 2.24) is 5.01 Å². The minimum Gasteiger partial charge on any atom is -0.461 e. The summed E-state index contributed by atoms with van der Waals surface area (Å²) in [6, 6.07) is 9.41. The molecule has 5 nitrogen and oxygen atoms in total. The molecule has 0 bridgehead atoms. The highest BCUT2D eigenvalue weighted by atomic mass is 35.5. The Hall–Kier alpha value is -1.14. The van der Waals surface area contributed by atoms with Crippen molar-refractivity contribution in [2.75, 3.05) is 13.2 Å². The van der Waals surface area contributed by atoms with Gasteiger partial charge in [-0.3, -0.25) is 10.6 Å². The van der Waals surface area contributed by atoms with Crippen LogP contribution in [0.25, 0.3) is 0 Å². The van der Waals surface area contributed by atoms with Crippen molar-refractivity contribution in [2.24, 2.45) is 11.8 Å². The second kappa shape index (κ2) is 7.45. The van der Waals surface area contributed by atoms with Crippen LogP contribution < -0.4 is 5.84 Å². The first-order chi connectivity index (χ1) is 8.70. The smallest absolute Gasteiger partial charge is 0.310 e. The lowest BCUT2D eigenvalue weighted by Crippen LogP contribution is -2.38. The minimum atomic E-state index is -0.245. The van der Waals surface area contributed by atoms with Gasteiger partial charge in [-0.2, -0.15) is 0 Å². The molecule has 0 aliphatic carbocycles. The molecule has 2 atom stereocenters. The Morgan fingerprint density at radius 2 is 2.11 bits per heavy atom. The van der Waals surface area contributed by atoms with Gasteiger partial charge in [-0.05, 0) is 12.0 Å². The molecule has 1 aliphatic rings. The van der Waals surface area contributed by atoms with Crippen molar-refractivity contribution >= 4 is 18.4 Å². The third kappa shape index (κ3) is 4.18. The van der Waals surface area contributed by atoms with Crippen LogP contribution in [0.1, 0.15) is 12.0 Å². The molecular formula is C13H19ClN2O3. The van der Waals surface area contributed by atoms with E-state index in [4.69, 9.17) is 15.7 Å². The number of aliphatic hydroxyl groups excluding tert-OH is 1. The van der Waals surface area contributed by atoms with E-state index >= 15 is 0 Å². The monoisotopic (exact) mass is 286 g/mol. The lowest BCUT2D eigenvalue weighted by Gasteiger charge is -2.14. The number of halogens is 1. The van der Waals surface area contributed by atoms with E-state index in [0.717, 1.165) is 5.56 Å². The molecule has 3 N–H and O–H groups in total. The van der Waals surface area contributed by atoms with Crippen molar-refractivity contribution in [3.05, 3.63) is 35.9 Å². The van der Waals surface area contributed by atoms with Crippen LogP contribution in [-0.2, 0) is 16.1 Å². The lowest BCUT2D eigenvalue weighted by atomic mass is 10.1.